The van der Waals surface area contributed by atoms with Crippen molar-refractivity contribution in [3.8, 4) is 0 Å². The van der Waals surface area contributed by atoms with Crippen LogP contribution in [-0.2, 0) is 14.3 Å². The van der Waals surface area contributed by atoms with Gasteiger partial charge in [0.1, 0.15) is 6.61 Å². The van der Waals surface area contributed by atoms with E-state index in [9.17, 15) is 15.0 Å². The topological polar surface area (TPSA) is 79.2 Å². The Kier molecular flexibility index (Phi) is 12.4. The highest BCUT2D eigenvalue weighted by molar-refractivity contribution is 5.69. The fraction of sp³-hybridized carbons (Fsp3) is 0.938. The Bertz CT molecular complexity index is 286. The zero-order valence-corrected chi connectivity index (χ0v) is 14.5. The lowest BCUT2D eigenvalue weighted by Gasteiger charge is -2.22. The van der Waals surface area contributed by atoms with Gasteiger partial charge in [0.15, 0.2) is 0 Å². The Morgan fingerprint density at radius 2 is 1.91 bits per heavy atom. The van der Waals surface area contributed by atoms with Crippen molar-refractivity contribution in [3.63, 3.8) is 0 Å². The molecule has 3 unspecified atom stereocenters. The second kappa shape index (κ2) is 12.8. The molecular formula is C16H33NO5. The number of aliphatic hydroxyl groups is 2. The molecule has 0 radical (unpaired) electrons. The summed E-state index contributed by atoms with van der Waals surface area (Å²) in [6.45, 7) is 7.29. The van der Waals surface area contributed by atoms with Crippen molar-refractivity contribution >= 4 is 5.97 Å². The molecule has 0 aromatic rings. The third kappa shape index (κ3) is 13.0. The summed E-state index contributed by atoms with van der Waals surface area (Å²) in [5, 5.41) is 19.1. The molecule has 0 heterocycles. The number of likely N-dealkylation sites (N-methyl/N-ethyl adjacent to an activating group) is 1. The number of rotatable bonds is 13. The normalized spacial score (nSPS) is 15.6. The zero-order valence-electron chi connectivity index (χ0n) is 14.5. The summed E-state index contributed by atoms with van der Waals surface area (Å²) in [6, 6.07) is 0. The Morgan fingerprint density at radius 1 is 1.23 bits per heavy atom. The summed E-state index contributed by atoms with van der Waals surface area (Å²) >= 11 is 0. The highest BCUT2D eigenvalue weighted by Crippen LogP contribution is 2.01. The first-order valence-electron chi connectivity index (χ1n) is 8.17. The molecule has 6 nitrogen and oxygen atoms in total. The van der Waals surface area contributed by atoms with Crippen molar-refractivity contribution in [2.45, 2.75) is 64.8 Å². The Labute approximate surface area is 134 Å². The van der Waals surface area contributed by atoms with E-state index in [-0.39, 0.29) is 31.4 Å². The van der Waals surface area contributed by atoms with Gasteiger partial charge in [0.25, 0.3) is 0 Å². The van der Waals surface area contributed by atoms with Crippen LogP contribution in [0.2, 0.25) is 0 Å². The van der Waals surface area contributed by atoms with E-state index < -0.39 is 6.10 Å². The van der Waals surface area contributed by atoms with Gasteiger partial charge in [0, 0.05) is 13.0 Å². The van der Waals surface area contributed by atoms with Gasteiger partial charge in [0.05, 0.1) is 24.9 Å². The summed E-state index contributed by atoms with van der Waals surface area (Å²) in [6.07, 6.45) is 1.77. The summed E-state index contributed by atoms with van der Waals surface area (Å²) in [4.78, 5) is 13.2. The number of nitrogens with zero attached hydrogens (tertiary/aromatic N) is 1. The number of esters is 1. The van der Waals surface area contributed by atoms with E-state index >= 15 is 0 Å². The first kappa shape index (κ1) is 21.3. The molecule has 22 heavy (non-hydrogen) atoms. The molecule has 0 saturated heterocycles. The van der Waals surface area contributed by atoms with Gasteiger partial charge in [-0.05, 0) is 46.7 Å². The van der Waals surface area contributed by atoms with Crippen LogP contribution in [0.1, 0.15) is 46.5 Å². The maximum Gasteiger partial charge on any atom is 0.305 e. The maximum atomic E-state index is 11.2. The average Bonchev–Trinajstić information content (AvgIpc) is 2.42. The van der Waals surface area contributed by atoms with Crippen LogP contribution in [0, 0.1) is 0 Å². The van der Waals surface area contributed by atoms with Crippen LogP contribution in [0.3, 0.4) is 0 Å². The quantitative estimate of drug-likeness (QED) is 0.496. The predicted molar refractivity (Wildman–Crippen MR) is 85.7 cm³/mol. The van der Waals surface area contributed by atoms with Crippen molar-refractivity contribution in [1.29, 1.82) is 0 Å². The standard InChI is InChI=1S/C16H33NO5/c1-5-7-16(20)22-11-14(3)21-12-15(19)10-17(4)9-6-8-13(2)18/h13-15,18-19H,5-12H2,1-4H3. The maximum absolute atomic E-state index is 11.2. The van der Waals surface area contributed by atoms with E-state index in [0.717, 1.165) is 25.8 Å². The molecule has 0 spiro atoms. The van der Waals surface area contributed by atoms with Crippen LogP contribution >= 0.6 is 0 Å². The molecular weight excluding hydrogens is 286 g/mol. The minimum atomic E-state index is -0.578. The molecule has 0 aliphatic rings. The molecule has 6 heteroatoms. The van der Waals surface area contributed by atoms with Crippen LogP contribution in [0.4, 0.5) is 0 Å². The monoisotopic (exact) mass is 319 g/mol. The van der Waals surface area contributed by atoms with Crippen LogP contribution in [0.15, 0.2) is 0 Å². The molecule has 0 aliphatic heterocycles. The smallest absolute Gasteiger partial charge is 0.305 e. The lowest BCUT2D eigenvalue weighted by molar-refractivity contribution is -0.148. The number of carbonyl (C=O) groups excluding carboxylic acids is 1. The lowest BCUT2D eigenvalue weighted by Crippen LogP contribution is -2.34. The van der Waals surface area contributed by atoms with Crippen molar-refractivity contribution in [1.82, 2.24) is 4.90 Å². The number of aliphatic hydroxyl groups excluding tert-OH is 2. The molecule has 3 atom stereocenters. The fourth-order valence-electron chi connectivity index (χ4n) is 1.97. The van der Waals surface area contributed by atoms with E-state index in [4.69, 9.17) is 9.47 Å². The first-order valence-corrected chi connectivity index (χ1v) is 8.17. The summed E-state index contributed by atoms with van der Waals surface area (Å²) in [5.74, 6) is -0.212. The number of ether oxygens (including phenoxy) is 2. The van der Waals surface area contributed by atoms with E-state index in [1.54, 1.807) is 6.92 Å². The Hall–Kier alpha value is -0.690. The Morgan fingerprint density at radius 3 is 2.50 bits per heavy atom. The van der Waals surface area contributed by atoms with Gasteiger partial charge >= 0.3 is 5.97 Å². The SMILES string of the molecule is CCCC(=O)OCC(C)OCC(O)CN(C)CCCC(C)O. The van der Waals surface area contributed by atoms with Crippen LogP contribution in [-0.4, -0.2) is 72.7 Å². The number of hydrogen-bond acceptors (Lipinski definition) is 6. The first-order chi connectivity index (χ1) is 10.3. The second-order valence-electron chi connectivity index (χ2n) is 5.98. The van der Waals surface area contributed by atoms with Crippen molar-refractivity contribution in [2.75, 3.05) is 33.4 Å². The summed E-state index contributed by atoms with van der Waals surface area (Å²) < 4.78 is 10.5. The van der Waals surface area contributed by atoms with Crippen molar-refractivity contribution in [3.05, 3.63) is 0 Å². The van der Waals surface area contributed by atoms with Gasteiger partial charge in [-0.25, -0.2) is 0 Å². The zero-order chi connectivity index (χ0) is 17.0. The fourth-order valence-corrected chi connectivity index (χ4v) is 1.97. The van der Waals surface area contributed by atoms with Gasteiger partial charge < -0.3 is 24.6 Å². The van der Waals surface area contributed by atoms with E-state index in [0.29, 0.717) is 13.0 Å². The van der Waals surface area contributed by atoms with Crippen LogP contribution in [0.5, 0.6) is 0 Å². The molecule has 2 N–H and O–H groups in total. The molecule has 0 saturated carbocycles. The van der Waals surface area contributed by atoms with Gasteiger partial charge in [-0.3, -0.25) is 4.79 Å². The largest absolute Gasteiger partial charge is 0.463 e. The second-order valence-corrected chi connectivity index (χ2v) is 5.98. The molecule has 132 valence electrons. The summed E-state index contributed by atoms with van der Waals surface area (Å²) in [7, 11) is 1.93. The number of carbonyl (C=O) groups is 1. The number of hydrogen-bond donors (Lipinski definition) is 2. The minimum Gasteiger partial charge on any atom is -0.463 e. The molecule has 0 amide bonds. The third-order valence-electron chi connectivity index (χ3n) is 3.19. The molecule has 0 rings (SSSR count). The molecule has 0 fully saturated rings. The highest BCUT2D eigenvalue weighted by atomic mass is 16.6. The molecule has 0 aliphatic carbocycles. The highest BCUT2D eigenvalue weighted by Gasteiger charge is 2.12. The van der Waals surface area contributed by atoms with Gasteiger partial charge in [-0.2, -0.15) is 0 Å². The summed E-state index contributed by atoms with van der Waals surface area (Å²) in [5.41, 5.74) is 0. The van der Waals surface area contributed by atoms with Gasteiger partial charge in [-0.1, -0.05) is 6.92 Å². The van der Waals surface area contributed by atoms with Gasteiger partial charge in [0.2, 0.25) is 0 Å². The molecule has 0 bridgehead atoms. The predicted octanol–water partition coefficient (Wildman–Crippen LogP) is 1.19. The minimum absolute atomic E-state index is 0.212. The van der Waals surface area contributed by atoms with Gasteiger partial charge in [-0.15, -0.1) is 0 Å². The van der Waals surface area contributed by atoms with E-state index in [1.165, 1.54) is 0 Å². The van der Waals surface area contributed by atoms with Crippen LogP contribution < -0.4 is 0 Å². The van der Waals surface area contributed by atoms with Crippen molar-refractivity contribution in [2.24, 2.45) is 0 Å². The van der Waals surface area contributed by atoms with E-state index in [1.807, 2.05) is 25.8 Å². The molecule has 0 aromatic carbocycles. The van der Waals surface area contributed by atoms with Crippen molar-refractivity contribution < 1.29 is 24.5 Å². The van der Waals surface area contributed by atoms with Crippen LogP contribution in [0.25, 0.3) is 0 Å². The molecule has 0 aromatic heterocycles. The third-order valence-corrected chi connectivity index (χ3v) is 3.19. The van der Waals surface area contributed by atoms with E-state index in [2.05, 4.69) is 0 Å². The Balaban J connectivity index is 3.69. The average molecular weight is 319 g/mol. The lowest BCUT2D eigenvalue weighted by atomic mass is 10.2.